The van der Waals surface area contributed by atoms with Gasteiger partial charge in [0.05, 0.1) is 6.04 Å². The molecule has 0 saturated carbocycles. The van der Waals surface area contributed by atoms with Crippen molar-refractivity contribution in [2.24, 2.45) is 5.10 Å². The van der Waals surface area contributed by atoms with Crippen molar-refractivity contribution in [3.05, 3.63) is 0 Å². The summed E-state index contributed by atoms with van der Waals surface area (Å²) < 4.78 is 0. The molecule has 0 bridgehead atoms. The van der Waals surface area contributed by atoms with Gasteiger partial charge in [0.25, 0.3) is 0 Å². The molecule has 0 radical (unpaired) electrons. The van der Waals surface area contributed by atoms with Crippen LogP contribution in [0.1, 0.15) is 6.92 Å². The first-order valence-corrected chi connectivity index (χ1v) is 2.33. The first kappa shape index (κ1) is 4.59. The van der Waals surface area contributed by atoms with Gasteiger partial charge >= 0.3 is 0 Å². The second-order valence-corrected chi connectivity index (χ2v) is 1.71. The Bertz CT molecular complexity index is 78.9. The summed E-state index contributed by atoms with van der Waals surface area (Å²) in [6.45, 7) is 2.05. The van der Waals surface area contributed by atoms with Crippen molar-refractivity contribution < 1.29 is 0 Å². The molecule has 1 heterocycles. The van der Waals surface area contributed by atoms with Crippen molar-refractivity contribution in [3.8, 4) is 0 Å². The van der Waals surface area contributed by atoms with E-state index in [-0.39, 0.29) is 0 Å². The second kappa shape index (κ2) is 1.50. The lowest BCUT2D eigenvalue weighted by atomic mass is 10.4. The smallest absolute Gasteiger partial charge is 0.0620 e. The molecular formula is C4H9N3. The van der Waals surface area contributed by atoms with E-state index in [0.29, 0.717) is 6.04 Å². The summed E-state index contributed by atoms with van der Waals surface area (Å²) in [5.74, 6) is 0. The van der Waals surface area contributed by atoms with E-state index in [1.807, 2.05) is 20.2 Å². The first-order valence-electron chi connectivity index (χ1n) is 2.33. The third-order valence-corrected chi connectivity index (χ3v) is 0.854. The predicted octanol–water partition coefficient (Wildman–Crippen LogP) is -0.189. The summed E-state index contributed by atoms with van der Waals surface area (Å²) in [5.41, 5.74) is 3.03. The molecule has 0 spiro atoms. The number of hydrazine groups is 1. The fourth-order valence-electron chi connectivity index (χ4n) is 0.561. The fraction of sp³-hybridized carbons (Fsp3) is 0.750. The van der Waals surface area contributed by atoms with E-state index < -0.39 is 0 Å². The van der Waals surface area contributed by atoms with Crippen LogP contribution in [0.3, 0.4) is 0 Å². The molecule has 7 heavy (non-hydrogen) atoms. The van der Waals surface area contributed by atoms with Crippen molar-refractivity contribution in [2.45, 2.75) is 13.0 Å². The Morgan fingerprint density at radius 3 is 2.71 bits per heavy atom. The Morgan fingerprint density at radius 2 is 2.57 bits per heavy atom. The summed E-state index contributed by atoms with van der Waals surface area (Å²) >= 11 is 0. The molecule has 0 aliphatic carbocycles. The highest BCUT2D eigenvalue weighted by molar-refractivity contribution is 5.64. The minimum absolute atomic E-state index is 0.407. The highest BCUT2D eigenvalue weighted by Gasteiger charge is 2.04. The van der Waals surface area contributed by atoms with Crippen LogP contribution in [0.15, 0.2) is 5.10 Å². The van der Waals surface area contributed by atoms with E-state index >= 15 is 0 Å². The van der Waals surface area contributed by atoms with Crippen LogP contribution in [-0.2, 0) is 0 Å². The monoisotopic (exact) mass is 99.1 g/mol. The van der Waals surface area contributed by atoms with Crippen LogP contribution < -0.4 is 5.43 Å². The van der Waals surface area contributed by atoms with Gasteiger partial charge in [0, 0.05) is 13.3 Å². The van der Waals surface area contributed by atoms with Gasteiger partial charge in [-0.15, -0.1) is 0 Å². The fourth-order valence-corrected chi connectivity index (χ4v) is 0.561. The Hall–Kier alpha value is -0.570. The molecule has 1 N–H and O–H groups in total. The quantitative estimate of drug-likeness (QED) is 0.456. The molecule has 1 aliphatic heterocycles. The third kappa shape index (κ3) is 0.899. The lowest BCUT2D eigenvalue weighted by Crippen LogP contribution is -2.30. The van der Waals surface area contributed by atoms with Gasteiger partial charge in [-0.05, 0) is 6.92 Å². The normalized spacial score (nSPS) is 29.4. The largest absolute Gasteiger partial charge is 0.233 e. The lowest BCUT2D eigenvalue weighted by Gasteiger charge is -2.06. The predicted molar refractivity (Wildman–Crippen MR) is 28.9 cm³/mol. The molecule has 0 aromatic heterocycles. The summed E-state index contributed by atoms with van der Waals surface area (Å²) in [4.78, 5) is 0. The first-order chi connectivity index (χ1) is 3.29. The molecule has 0 amide bonds. The Labute approximate surface area is 43.0 Å². The highest BCUT2D eigenvalue weighted by Crippen LogP contribution is 1.88. The Balaban J connectivity index is 2.42. The van der Waals surface area contributed by atoms with Crippen LogP contribution in [0.5, 0.6) is 0 Å². The van der Waals surface area contributed by atoms with Crippen molar-refractivity contribution in [3.63, 3.8) is 0 Å². The number of hydrazone groups is 1. The molecule has 0 aromatic carbocycles. The number of nitrogens with one attached hydrogen (secondary N) is 1. The lowest BCUT2D eigenvalue weighted by molar-refractivity contribution is 0.267. The highest BCUT2D eigenvalue weighted by atomic mass is 15.7. The maximum absolute atomic E-state index is 3.91. The van der Waals surface area contributed by atoms with Crippen molar-refractivity contribution >= 4 is 6.21 Å². The van der Waals surface area contributed by atoms with Crippen LogP contribution in [0, 0.1) is 0 Å². The van der Waals surface area contributed by atoms with E-state index in [1.165, 1.54) is 0 Å². The number of nitrogens with zero attached hydrogens (tertiary/aromatic N) is 2. The summed E-state index contributed by atoms with van der Waals surface area (Å²) in [6, 6.07) is 0.407. The molecule has 1 atom stereocenters. The molecule has 3 heteroatoms. The van der Waals surface area contributed by atoms with Crippen molar-refractivity contribution in [1.29, 1.82) is 0 Å². The van der Waals surface area contributed by atoms with E-state index in [2.05, 4.69) is 10.5 Å². The molecule has 1 unspecified atom stereocenters. The van der Waals surface area contributed by atoms with Gasteiger partial charge < -0.3 is 0 Å². The maximum Gasteiger partial charge on any atom is 0.0620 e. The topological polar surface area (TPSA) is 27.6 Å². The molecule has 1 rings (SSSR count). The minimum atomic E-state index is 0.407. The average molecular weight is 99.1 g/mol. The van der Waals surface area contributed by atoms with Crippen molar-refractivity contribution in [2.75, 3.05) is 7.05 Å². The van der Waals surface area contributed by atoms with Gasteiger partial charge in [-0.1, -0.05) is 0 Å². The zero-order chi connectivity index (χ0) is 5.28. The van der Waals surface area contributed by atoms with E-state index in [4.69, 9.17) is 0 Å². The molecule has 3 nitrogen and oxygen atoms in total. The van der Waals surface area contributed by atoms with Crippen LogP contribution in [0.25, 0.3) is 0 Å². The van der Waals surface area contributed by atoms with E-state index in [1.54, 1.807) is 5.12 Å². The van der Waals surface area contributed by atoms with Crippen molar-refractivity contribution in [1.82, 2.24) is 10.5 Å². The van der Waals surface area contributed by atoms with Crippen LogP contribution in [0.2, 0.25) is 0 Å². The van der Waals surface area contributed by atoms with Gasteiger partial charge in [-0.25, -0.2) is 10.5 Å². The SMILES string of the molecule is CC1C=NN(C)N1. The minimum Gasteiger partial charge on any atom is -0.233 e. The summed E-state index contributed by atoms with van der Waals surface area (Å²) in [5, 5.41) is 5.61. The molecule has 1 aliphatic rings. The molecule has 0 fully saturated rings. The standard InChI is InChI=1S/C4H9N3/c1-4-3-5-7(2)6-4/h3-4,6H,1-2H3. The average Bonchev–Trinajstić information content (AvgIpc) is 1.87. The van der Waals surface area contributed by atoms with Crippen LogP contribution in [0.4, 0.5) is 0 Å². The molecular weight excluding hydrogens is 90.1 g/mol. The zero-order valence-electron chi connectivity index (χ0n) is 4.55. The zero-order valence-corrected chi connectivity index (χ0v) is 4.55. The number of rotatable bonds is 0. The Morgan fingerprint density at radius 1 is 1.86 bits per heavy atom. The summed E-state index contributed by atoms with van der Waals surface area (Å²) in [6.07, 6.45) is 1.86. The van der Waals surface area contributed by atoms with Gasteiger partial charge in [-0.2, -0.15) is 5.10 Å². The number of hydrogen-bond acceptors (Lipinski definition) is 3. The summed E-state index contributed by atoms with van der Waals surface area (Å²) in [7, 11) is 1.88. The number of hydrogen-bond donors (Lipinski definition) is 1. The molecule has 0 saturated heterocycles. The Kier molecular flexibility index (Phi) is 0.982. The second-order valence-electron chi connectivity index (χ2n) is 1.71. The molecule has 40 valence electrons. The van der Waals surface area contributed by atoms with E-state index in [0.717, 1.165) is 0 Å². The van der Waals surface area contributed by atoms with Crippen LogP contribution >= 0.6 is 0 Å². The van der Waals surface area contributed by atoms with Gasteiger partial charge in [0.15, 0.2) is 0 Å². The maximum atomic E-state index is 3.91. The van der Waals surface area contributed by atoms with Gasteiger partial charge in [-0.3, -0.25) is 0 Å². The van der Waals surface area contributed by atoms with Gasteiger partial charge in [0.2, 0.25) is 0 Å². The molecule has 0 aromatic rings. The van der Waals surface area contributed by atoms with E-state index in [9.17, 15) is 0 Å². The van der Waals surface area contributed by atoms with Crippen LogP contribution in [-0.4, -0.2) is 24.4 Å². The third-order valence-electron chi connectivity index (χ3n) is 0.854. The van der Waals surface area contributed by atoms with Gasteiger partial charge in [0.1, 0.15) is 0 Å².